The van der Waals surface area contributed by atoms with Crippen molar-refractivity contribution >= 4 is 27.3 Å². The third kappa shape index (κ3) is 6.81. The summed E-state index contributed by atoms with van der Waals surface area (Å²) in [7, 11) is -0.737. The Hall–Kier alpha value is -3.46. The molecule has 0 aliphatic carbocycles. The summed E-state index contributed by atoms with van der Waals surface area (Å²) in [5.74, 6) is -0.252. The Labute approximate surface area is 211 Å². The van der Waals surface area contributed by atoms with Crippen molar-refractivity contribution in [2.75, 3.05) is 32.0 Å². The fourth-order valence-electron chi connectivity index (χ4n) is 3.02. The molecule has 0 saturated carbocycles. The first-order valence-corrected chi connectivity index (χ1v) is 12.2. The molecule has 3 rings (SSSR count). The zero-order valence-corrected chi connectivity index (χ0v) is 20.7. The highest BCUT2D eigenvalue weighted by atomic mass is 35.5. The number of hydrogen-bond donors (Lipinski definition) is 1. The number of hydrogen-bond acceptors (Lipinski definition) is 6. The average Bonchev–Trinajstić information content (AvgIpc) is 2.78. The van der Waals surface area contributed by atoms with Crippen LogP contribution in [0.1, 0.15) is 11.1 Å². The van der Waals surface area contributed by atoms with Gasteiger partial charge in [-0.05, 0) is 50.5 Å². The van der Waals surface area contributed by atoms with Gasteiger partial charge in [-0.15, -0.1) is 0 Å². The third-order valence-electron chi connectivity index (χ3n) is 4.77. The Morgan fingerprint density at radius 3 is 2.44 bits per heavy atom. The monoisotopic (exact) mass is 539 g/mol. The minimum absolute atomic E-state index is 0.0279. The predicted octanol–water partition coefficient (Wildman–Crippen LogP) is 5.76. The van der Waals surface area contributed by atoms with E-state index in [-0.39, 0.29) is 39.3 Å². The number of halogens is 4. The molecule has 1 N–H and O–H groups in total. The molecular weight excluding hydrogens is 519 g/mol. The summed E-state index contributed by atoms with van der Waals surface area (Å²) in [6, 6.07) is 14.7. The summed E-state index contributed by atoms with van der Waals surface area (Å²) in [5.41, 5.74) is -1.05. The topological polar surface area (TPSA) is 91.7 Å². The SMILES string of the molecule is CN(C)CCOc1cc(NS(=O)(=O)c2cccc(Oc3cccc(Cl)c3C#N)c2)ccc1C(F)(F)F. The van der Waals surface area contributed by atoms with E-state index in [1.165, 1.54) is 36.4 Å². The predicted molar refractivity (Wildman–Crippen MR) is 129 cm³/mol. The number of alkyl halides is 3. The fourth-order valence-corrected chi connectivity index (χ4v) is 4.31. The Bertz CT molecular complexity index is 1390. The highest BCUT2D eigenvalue weighted by Gasteiger charge is 2.34. The number of anilines is 1. The number of sulfonamides is 1. The van der Waals surface area contributed by atoms with Crippen LogP contribution in [-0.2, 0) is 16.2 Å². The molecule has 0 atom stereocenters. The largest absolute Gasteiger partial charge is 0.492 e. The van der Waals surface area contributed by atoms with Gasteiger partial charge in [0.25, 0.3) is 10.0 Å². The number of benzene rings is 3. The molecule has 0 heterocycles. The summed E-state index contributed by atoms with van der Waals surface area (Å²) in [6.07, 6.45) is -4.68. The Morgan fingerprint density at radius 2 is 1.78 bits per heavy atom. The molecule has 0 unspecified atom stereocenters. The second-order valence-electron chi connectivity index (χ2n) is 7.77. The van der Waals surface area contributed by atoms with Gasteiger partial charge in [0.05, 0.1) is 21.2 Å². The van der Waals surface area contributed by atoms with Crippen LogP contribution in [0.3, 0.4) is 0 Å². The van der Waals surface area contributed by atoms with Crippen molar-refractivity contribution in [3.63, 3.8) is 0 Å². The number of nitriles is 1. The van der Waals surface area contributed by atoms with Gasteiger partial charge >= 0.3 is 6.18 Å². The molecule has 3 aromatic carbocycles. The molecule has 0 saturated heterocycles. The van der Waals surface area contributed by atoms with Crippen molar-refractivity contribution in [1.82, 2.24) is 4.90 Å². The Morgan fingerprint density at radius 1 is 1.06 bits per heavy atom. The molecule has 190 valence electrons. The molecule has 0 aliphatic heterocycles. The van der Waals surface area contributed by atoms with Gasteiger partial charge in [0, 0.05) is 18.7 Å². The van der Waals surface area contributed by atoms with E-state index in [0.717, 1.165) is 18.2 Å². The highest BCUT2D eigenvalue weighted by Crippen LogP contribution is 2.38. The van der Waals surface area contributed by atoms with Crippen LogP contribution in [0.15, 0.2) is 65.6 Å². The summed E-state index contributed by atoms with van der Waals surface area (Å²) in [5, 5.41) is 9.47. The maximum absolute atomic E-state index is 13.4. The van der Waals surface area contributed by atoms with Crippen LogP contribution in [0.2, 0.25) is 5.02 Å². The third-order valence-corrected chi connectivity index (χ3v) is 6.46. The molecule has 3 aromatic rings. The lowest BCUT2D eigenvalue weighted by Gasteiger charge is -2.17. The number of ether oxygens (including phenoxy) is 2. The molecular formula is C24H21ClF3N3O4S. The van der Waals surface area contributed by atoms with Crippen LogP contribution in [0, 0.1) is 11.3 Å². The van der Waals surface area contributed by atoms with Crippen molar-refractivity contribution < 1.29 is 31.1 Å². The molecule has 0 radical (unpaired) electrons. The molecule has 36 heavy (non-hydrogen) atoms. The van der Waals surface area contributed by atoms with E-state index >= 15 is 0 Å². The number of rotatable bonds is 9. The standard InChI is InChI=1S/C24H21ClF3N3O4S/c1-31(2)11-12-34-23-13-16(9-10-20(23)24(26,27)28)30-36(32,33)18-6-3-5-17(14-18)35-22-8-4-7-21(25)19(22)15-29/h3-10,13-14,30H,11-12H2,1-2H3. The number of nitrogens with zero attached hydrogens (tertiary/aromatic N) is 2. The van der Waals surface area contributed by atoms with Crippen LogP contribution in [0.4, 0.5) is 18.9 Å². The van der Waals surface area contributed by atoms with Crippen molar-refractivity contribution in [3.8, 4) is 23.3 Å². The van der Waals surface area contributed by atoms with Crippen LogP contribution in [0.25, 0.3) is 0 Å². The van der Waals surface area contributed by atoms with Gasteiger partial charge in [0.15, 0.2) is 0 Å². The minimum atomic E-state index is -4.68. The summed E-state index contributed by atoms with van der Waals surface area (Å²) in [6.45, 7) is 0.333. The first-order valence-electron chi connectivity index (χ1n) is 10.4. The van der Waals surface area contributed by atoms with E-state index < -0.39 is 27.5 Å². The smallest absolute Gasteiger partial charge is 0.419 e. The molecule has 7 nitrogen and oxygen atoms in total. The maximum atomic E-state index is 13.4. The first-order chi connectivity index (χ1) is 16.9. The molecule has 0 bridgehead atoms. The van der Waals surface area contributed by atoms with Crippen molar-refractivity contribution in [3.05, 3.63) is 76.8 Å². The van der Waals surface area contributed by atoms with Crippen molar-refractivity contribution in [2.24, 2.45) is 0 Å². The van der Waals surface area contributed by atoms with Crippen molar-refractivity contribution in [2.45, 2.75) is 11.1 Å². The van der Waals surface area contributed by atoms with Crippen LogP contribution in [0.5, 0.6) is 17.2 Å². The lowest BCUT2D eigenvalue weighted by molar-refractivity contribution is -0.138. The quantitative estimate of drug-likeness (QED) is 0.371. The van der Waals surface area contributed by atoms with Crippen LogP contribution >= 0.6 is 11.6 Å². The fraction of sp³-hybridized carbons (Fsp3) is 0.208. The van der Waals surface area contributed by atoms with Gasteiger partial charge in [-0.3, -0.25) is 4.72 Å². The second kappa shape index (κ2) is 11.1. The van der Waals surface area contributed by atoms with E-state index in [1.807, 2.05) is 6.07 Å². The highest BCUT2D eigenvalue weighted by molar-refractivity contribution is 7.92. The second-order valence-corrected chi connectivity index (χ2v) is 9.86. The van der Waals surface area contributed by atoms with E-state index in [2.05, 4.69) is 4.72 Å². The Balaban J connectivity index is 1.87. The molecule has 0 spiro atoms. The first kappa shape index (κ1) is 27.1. The zero-order valence-electron chi connectivity index (χ0n) is 19.1. The normalized spacial score (nSPS) is 11.7. The van der Waals surface area contributed by atoms with Gasteiger partial charge < -0.3 is 14.4 Å². The van der Waals surface area contributed by atoms with Crippen LogP contribution in [-0.4, -0.2) is 40.6 Å². The number of likely N-dealkylation sites (N-methyl/N-ethyl adjacent to an activating group) is 1. The summed E-state index contributed by atoms with van der Waals surface area (Å²) < 4.78 is 79.4. The van der Waals surface area contributed by atoms with Crippen LogP contribution < -0.4 is 14.2 Å². The zero-order chi connectivity index (χ0) is 26.5. The Kier molecular flexibility index (Phi) is 8.35. The van der Waals surface area contributed by atoms with Gasteiger partial charge in [0.1, 0.15) is 35.5 Å². The van der Waals surface area contributed by atoms with E-state index in [1.54, 1.807) is 25.1 Å². The molecule has 12 heteroatoms. The van der Waals surface area contributed by atoms with Gasteiger partial charge in [-0.25, -0.2) is 8.42 Å². The maximum Gasteiger partial charge on any atom is 0.419 e. The summed E-state index contributed by atoms with van der Waals surface area (Å²) in [4.78, 5) is 1.52. The lowest BCUT2D eigenvalue weighted by Crippen LogP contribution is -2.20. The van der Waals surface area contributed by atoms with Crippen molar-refractivity contribution in [1.29, 1.82) is 5.26 Å². The lowest BCUT2D eigenvalue weighted by atomic mass is 10.2. The van der Waals surface area contributed by atoms with Gasteiger partial charge in [-0.1, -0.05) is 23.7 Å². The average molecular weight is 540 g/mol. The van der Waals surface area contributed by atoms with Gasteiger partial charge in [0.2, 0.25) is 0 Å². The molecule has 0 aliphatic rings. The minimum Gasteiger partial charge on any atom is -0.492 e. The molecule has 0 fully saturated rings. The summed E-state index contributed by atoms with van der Waals surface area (Å²) >= 11 is 6.00. The van der Waals surface area contributed by atoms with E-state index in [9.17, 15) is 26.9 Å². The number of nitrogens with one attached hydrogen (secondary N) is 1. The van der Waals surface area contributed by atoms with E-state index in [0.29, 0.717) is 6.54 Å². The van der Waals surface area contributed by atoms with E-state index in [4.69, 9.17) is 21.1 Å². The molecule has 0 aromatic heterocycles. The van der Waals surface area contributed by atoms with Gasteiger partial charge in [-0.2, -0.15) is 18.4 Å². The molecule has 0 amide bonds.